The van der Waals surface area contributed by atoms with E-state index in [-0.39, 0.29) is 16.9 Å². The molecule has 0 aliphatic carbocycles. The normalized spacial score (nSPS) is 12.6. The fraction of sp³-hybridized carbons (Fsp3) is 0.273. The molecule has 30 heavy (non-hydrogen) atoms. The molecule has 0 radical (unpaired) electrons. The van der Waals surface area contributed by atoms with Crippen LogP contribution in [0.1, 0.15) is 28.2 Å². The maximum Gasteiger partial charge on any atom is 0.338 e. The van der Waals surface area contributed by atoms with E-state index in [1.54, 1.807) is 22.8 Å². The predicted octanol–water partition coefficient (Wildman–Crippen LogP) is 2.00. The van der Waals surface area contributed by atoms with Crippen molar-refractivity contribution >= 4 is 22.8 Å². The van der Waals surface area contributed by atoms with E-state index >= 15 is 0 Å². The van der Waals surface area contributed by atoms with Crippen LogP contribution in [0.5, 0.6) is 0 Å². The van der Waals surface area contributed by atoms with Gasteiger partial charge in [0.1, 0.15) is 11.6 Å². The van der Waals surface area contributed by atoms with Crippen molar-refractivity contribution < 1.29 is 18.7 Å². The summed E-state index contributed by atoms with van der Waals surface area (Å²) in [6, 6.07) is 10.6. The number of fused-ring (bicyclic) bond motifs is 2. The zero-order valence-corrected chi connectivity index (χ0v) is 16.2. The zero-order valence-electron chi connectivity index (χ0n) is 16.2. The highest BCUT2D eigenvalue weighted by Crippen LogP contribution is 2.16. The number of nitrogens with zero attached hydrogens (tertiary/aromatic N) is 2. The second-order valence-electron chi connectivity index (χ2n) is 7.12. The third-order valence-electron chi connectivity index (χ3n) is 5.04. The van der Waals surface area contributed by atoms with Crippen LogP contribution in [-0.2, 0) is 28.9 Å². The van der Waals surface area contributed by atoms with E-state index in [2.05, 4.69) is 10.3 Å². The number of rotatable bonds is 6. The summed E-state index contributed by atoms with van der Waals surface area (Å²) < 4.78 is 19.6. The van der Waals surface area contributed by atoms with Crippen LogP contribution in [0.25, 0.3) is 10.9 Å². The Morgan fingerprint density at radius 1 is 1.17 bits per heavy atom. The summed E-state index contributed by atoms with van der Waals surface area (Å²) in [4.78, 5) is 41.1. The number of benzene rings is 2. The van der Waals surface area contributed by atoms with Gasteiger partial charge in [-0.25, -0.2) is 14.2 Å². The number of amides is 1. The third kappa shape index (κ3) is 4.22. The topological polar surface area (TPSA) is 90.3 Å². The average molecular weight is 409 g/mol. The summed E-state index contributed by atoms with van der Waals surface area (Å²) in [6.45, 7) is 0.592. The second kappa shape index (κ2) is 8.44. The number of hydrogen-bond donors (Lipinski definition) is 1. The van der Waals surface area contributed by atoms with Gasteiger partial charge in [-0.05, 0) is 48.7 Å². The smallest absolute Gasteiger partial charge is 0.338 e. The van der Waals surface area contributed by atoms with Gasteiger partial charge in [-0.2, -0.15) is 0 Å². The molecule has 0 atom stereocenters. The first-order chi connectivity index (χ1) is 14.5. The van der Waals surface area contributed by atoms with Crippen LogP contribution in [0, 0.1) is 5.82 Å². The summed E-state index contributed by atoms with van der Waals surface area (Å²) in [5, 5.41) is 3.11. The molecule has 1 aromatic heterocycles. The molecule has 1 aliphatic heterocycles. The number of carbonyl (C=O) groups excluding carboxylic acids is 2. The molecule has 0 bridgehead atoms. The van der Waals surface area contributed by atoms with Crippen molar-refractivity contribution in [1.82, 2.24) is 14.9 Å². The molecule has 1 N–H and O–H groups in total. The first-order valence-corrected chi connectivity index (χ1v) is 9.73. The van der Waals surface area contributed by atoms with E-state index in [1.165, 1.54) is 24.3 Å². The lowest BCUT2D eigenvalue weighted by atomic mass is 10.1. The van der Waals surface area contributed by atoms with Crippen LogP contribution in [0.3, 0.4) is 0 Å². The van der Waals surface area contributed by atoms with Crippen LogP contribution >= 0.6 is 0 Å². The number of halogens is 1. The van der Waals surface area contributed by atoms with Crippen molar-refractivity contribution in [2.24, 2.45) is 0 Å². The number of nitrogens with one attached hydrogen (secondary N) is 1. The van der Waals surface area contributed by atoms with Gasteiger partial charge < -0.3 is 10.1 Å². The molecular weight excluding hydrogens is 389 g/mol. The van der Waals surface area contributed by atoms with Crippen molar-refractivity contribution in [3.63, 3.8) is 0 Å². The minimum Gasteiger partial charge on any atom is -0.452 e. The van der Waals surface area contributed by atoms with Crippen molar-refractivity contribution in [2.45, 2.75) is 25.8 Å². The lowest BCUT2D eigenvalue weighted by molar-refractivity contribution is -0.124. The van der Waals surface area contributed by atoms with E-state index < -0.39 is 18.5 Å². The fourth-order valence-corrected chi connectivity index (χ4v) is 3.47. The number of esters is 1. The Labute approximate surface area is 171 Å². The monoisotopic (exact) mass is 409 g/mol. The molecule has 7 nitrogen and oxygen atoms in total. The number of aryl methyl sites for hydroxylation is 1. The zero-order chi connectivity index (χ0) is 21.1. The van der Waals surface area contributed by atoms with Gasteiger partial charge in [0.15, 0.2) is 6.61 Å². The minimum atomic E-state index is -0.659. The Hall–Kier alpha value is -3.55. The molecule has 0 saturated carbocycles. The predicted molar refractivity (Wildman–Crippen MR) is 108 cm³/mol. The Bertz CT molecular complexity index is 1170. The molecule has 3 aromatic rings. The molecule has 0 fully saturated rings. The molecular formula is C22H20FN3O4. The Balaban J connectivity index is 1.33. The van der Waals surface area contributed by atoms with Gasteiger partial charge in [0.2, 0.25) is 0 Å². The summed E-state index contributed by atoms with van der Waals surface area (Å²) in [5.74, 6) is -0.680. The SMILES string of the molecule is O=C(COC(=O)c1ccc2c(=O)n3c(nc2c1)CCC3)NCCc1ccc(F)cc1. The maximum atomic E-state index is 12.9. The lowest BCUT2D eigenvalue weighted by Gasteiger charge is -2.08. The number of aromatic nitrogens is 2. The molecule has 0 unspecified atom stereocenters. The van der Waals surface area contributed by atoms with Crippen molar-refractivity contribution in [1.29, 1.82) is 0 Å². The lowest BCUT2D eigenvalue weighted by Crippen LogP contribution is -2.30. The van der Waals surface area contributed by atoms with Gasteiger partial charge in [-0.3, -0.25) is 14.2 Å². The largest absolute Gasteiger partial charge is 0.452 e. The molecule has 154 valence electrons. The highest BCUT2D eigenvalue weighted by atomic mass is 19.1. The molecule has 2 heterocycles. The van der Waals surface area contributed by atoms with Gasteiger partial charge in [-0.1, -0.05) is 12.1 Å². The second-order valence-corrected chi connectivity index (χ2v) is 7.12. The maximum absolute atomic E-state index is 12.9. The summed E-state index contributed by atoms with van der Waals surface area (Å²) >= 11 is 0. The van der Waals surface area contributed by atoms with Gasteiger partial charge in [0.25, 0.3) is 11.5 Å². The van der Waals surface area contributed by atoms with Crippen LogP contribution < -0.4 is 10.9 Å². The summed E-state index contributed by atoms with van der Waals surface area (Å²) in [7, 11) is 0. The molecule has 8 heteroatoms. The third-order valence-corrected chi connectivity index (χ3v) is 5.04. The van der Waals surface area contributed by atoms with Crippen LogP contribution in [-0.4, -0.2) is 34.6 Å². The van der Waals surface area contributed by atoms with E-state index in [0.29, 0.717) is 30.4 Å². The highest BCUT2D eigenvalue weighted by molar-refractivity contribution is 5.95. The van der Waals surface area contributed by atoms with E-state index in [9.17, 15) is 18.8 Å². The van der Waals surface area contributed by atoms with Gasteiger partial charge in [0, 0.05) is 19.5 Å². The van der Waals surface area contributed by atoms with Crippen LogP contribution in [0.4, 0.5) is 4.39 Å². The van der Waals surface area contributed by atoms with Crippen molar-refractivity contribution in [3.05, 3.63) is 75.6 Å². The molecule has 0 saturated heterocycles. The number of carbonyl (C=O) groups is 2. The van der Waals surface area contributed by atoms with Crippen molar-refractivity contribution in [3.8, 4) is 0 Å². The molecule has 2 aromatic carbocycles. The molecule has 1 aliphatic rings. The first-order valence-electron chi connectivity index (χ1n) is 9.73. The molecule has 4 rings (SSSR count). The Morgan fingerprint density at radius 3 is 2.77 bits per heavy atom. The Kier molecular flexibility index (Phi) is 5.56. The molecule has 0 spiro atoms. The van der Waals surface area contributed by atoms with E-state index in [4.69, 9.17) is 4.74 Å². The van der Waals surface area contributed by atoms with Gasteiger partial charge in [-0.15, -0.1) is 0 Å². The standard InChI is InChI=1S/C22H20FN3O4/c23-16-6-3-14(4-7-16)9-10-24-20(27)13-30-22(29)15-5-8-17-18(12-15)25-19-2-1-11-26(19)21(17)28/h3-8,12H,1-2,9-11,13H2,(H,24,27). The number of hydrogen-bond acceptors (Lipinski definition) is 5. The van der Waals surface area contributed by atoms with E-state index in [0.717, 1.165) is 24.2 Å². The quantitative estimate of drug-likeness (QED) is 0.629. The minimum absolute atomic E-state index is 0.104. The van der Waals surface area contributed by atoms with Crippen molar-refractivity contribution in [2.75, 3.05) is 13.2 Å². The summed E-state index contributed by atoms with van der Waals surface area (Å²) in [6.07, 6.45) is 2.15. The van der Waals surface area contributed by atoms with E-state index in [1.807, 2.05) is 0 Å². The number of ether oxygens (including phenoxy) is 1. The summed E-state index contributed by atoms with van der Waals surface area (Å²) in [5.41, 5.74) is 1.47. The fourth-order valence-electron chi connectivity index (χ4n) is 3.47. The van der Waals surface area contributed by atoms with Crippen LogP contribution in [0.2, 0.25) is 0 Å². The molecule has 1 amide bonds. The van der Waals surface area contributed by atoms with Gasteiger partial charge >= 0.3 is 5.97 Å². The highest BCUT2D eigenvalue weighted by Gasteiger charge is 2.18. The van der Waals surface area contributed by atoms with Crippen LogP contribution in [0.15, 0.2) is 47.3 Å². The first kappa shape index (κ1) is 19.8. The Morgan fingerprint density at radius 2 is 1.97 bits per heavy atom. The average Bonchev–Trinajstić information content (AvgIpc) is 3.22. The van der Waals surface area contributed by atoms with Gasteiger partial charge in [0.05, 0.1) is 16.5 Å².